The normalized spacial score (nSPS) is 19.3. The molecule has 1 aromatic rings. The van der Waals surface area contributed by atoms with Gasteiger partial charge in [-0.3, -0.25) is 0 Å². The summed E-state index contributed by atoms with van der Waals surface area (Å²) >= 11 is 5.82. The molecule has 0 radical (unpaired) electrons. The van der Waals surface area contributed by atoms with E-state index in [0.29, 0.717) is 24.1 Å². The highest BCUT2D eigenvalue weighted by molar-refractivity contribution is 6.29. The molecule has 1 aliphatic heterocycles. The number of carboxylic acid groups (broad SMARTS) is 1. The highest BCUT2D eigenvalue weighted by Crippen LogP contribution is 2.20. The minimum Gasteiger partial charge on any atom is -0.465 e. The number of carbonyl (C=O) groups is 1. The van der Waals surface area contributed by atoms with Crippen LogP contribution in [-0.4, -0.2) is 45.4 Å². The third kappa shape index (κ3) is 3.47. The molecule has 2 heterocycles. The van der Waals surface area contributed by atoms with Gasteiger partial charge in [0.1, 0.15) is 0 Å². The van der Waals surface area contributed by atoms with Gasteiger partial charge in [-0.2, -0.15) is 0 Å². The number of amides is 1. The van der Waals surface area contributed by atoms with Crippen molar-refractivity contribution in [2.45, 2.75) is 32.2 Å². The smallest absolute Gasteiger partial charge is 0.407 e. The SMILES string of the molecule is CCc1cc(Cl)nnc1N[C@@H]1CCCN(C(=O)O)C1. The van der Waals surface area contributed by atoms with Gasteiger partial charge in [-0.25, -0.2) is 4.79 Å². The zero-order valence-electron chi connectivity index (χ0n) is 10.8. The zero-order valence-corrected chi connectivity index (χ0v) is 11.5. The molecule has 1 fully saturated rings. The van der Waals surface area contributed by atoms with E-state index in [1.807, 2.05) is 6.92 Å². The van der Waals surface area contributed by atoms with Gasteiger partial charge in [0, 0.05) is 19.1 Å². The molecule has 104 valence electrons. The van der Waals surface area contributed by atoms with Crippen LogP contribution in [0.3, 0.4) is 0 Å². The first-order chi connectivity index (χ1) is 9.10. The summed E-state index contributed by atoms with van der Waals surface area (Å²) in [7, 11) is 0. The lowest BCUT2D eigenvalue weighted by molar-refractivity contribution is 0.132. The standard InChI is InChI=1S/C12H17ClN4O2/c1-2-8-6-10(13)15-16-11(8)14-9-4-3-5-17(7-9)12(18)19/h6,9H,2-5,7H2,1H3,(H,14,16)(H,18,19)/t9-/m1/s1. The average molecular weight is 285 g/mol. The van der Waals surface area contributed by atoms with Gasteiger partial charge in [0.15, 0.2) is 11.0 Å². The Bertz CT molecular complexity index is 469. The van der Waals surface area contributed by atoms with Gasteiger partial charge in [0.25, 0.3) is 0 Å². The third-order valence-electron chi connectivity index (χ3n) is 3.26. The monoisotopic (exact) mass is 284 g/mol. The zero-order chi connectivity index (χ0) is 13.8. The number of hydrogen-bond acceptors (Lipinski definition) is 4. The Morgan fingerprint density at radius 3 is 3.11 bits per heavy atom. The molecule has 6 nitrogen and oxygen atoms in total. The van der Waals surface area contributed by atoms with E-state index < -0.39 is 6.09 Å². The van der Waals surface area contributed by atoms with Crippen LogP contribution in [0.2, 0.25) is 5.15 Å². The Morgan fingerprint density at radius 2 is 2.42 bits per heavy atom. The van der Waals surface area contributed by atoms with E-state index in [4.69, 9.17) is 16.7 Å². The maximum atomic E-state index is 11.0. The van der Waals surface area contributed by atoms with E-state index in [0.717, 1.165) is 24.8 Å². The lowest BCUT2D eigenvalue weighted by Crippen LogP contribution is -2.44. The number of aryl methyl sites for hydroxylation is 1. The topological polar surface area (TPSA) is 78.4 Å². The second-order valence-corrected chi connectivity index (χ2v) is 4.99. The molecule has 1 saturated heterocycles. The van der Waals surface area contributed by atoms with Gasteiger partial charge >= 0.3 is 6.09 Å². The first-order valence-electron chi connectivity index (χ1n) is 6.36. The largest absolute Gasteiger partial charge is 0.465 e. The number of aromatic nitrogens is 2. The Balaban J connectivity index is 2.06. The fourth-order valence-corrected chi connectivity index (χ4v) is 2.43. The van der Waals surface area contributed by atoms with Crippen LogP contribution in [0.4, 0.5) is 10.6 Å². The molecule has 0 saturated carbocycles. The van der Waals surface area contributed by atoms with Crippen molar-refractivity contribution in [2.24, 2.45) is 0 Å². The number of halogens is 1. The van der Waals surface area contributed by atoms with Crippen molar-refractivity contribution >= 4 is 23.5 Å². The Kier molecular flexibility index (Phi) is 4.42. The Morgan fingerprint density at radius 1 is 1.63 bits per heavy atom. The van der Waals surface area contributed by atoms with Gasteiger partial charge in [0.05, 0.1) is 0 Å². The third-order valence-corrected chi connectivity index (χ3v) is 3.44. The fourth-order valence-electron chi connectivity index (χ4n) is 2.26. The second-order valence-electron chi connectivity index (χ2n) is 4.61. The summed E-state index contributed by atoms with van der Waals surface area (Å²) in [6, 6.07) is 1.86. The van der Waals surface area contributed by atoms with Crippen molar-refractivity contribution in [3.05, 3.63) is 16.8 Å². The number of nitrogens with one attached hydrogen (secondary N) is 1. The summed E-state index contributed by atoms with van der Waals surface area (Å²) < 4.78 is 0. The number of rotatable bonds is 3. The average Bonchev–Trinajstić information content (AvgIpc) is 2.41. The fraction of sp³-hybridized carbons (Fsp3) is 0.583. The number of likely N-dealkylation sites (tertiary alicyclic amines) is 1. The van der Waals surface area contributed by atoms with Crippen LogP contribution >= 0.6 is 11.6 Å². The lowest BCUT2D eigenvalue weighted by Gasteiger charge is -2.31. The highest BCUT2D eigenvalue weighted by Gasteiger charge is 2.23. The number of nitrogens with zero attached hydrogens (tertiary/aromatic N) is 3. The van der Waals surface area contributed by atoms with Crippen LogP contribution < -0.4 is 5.32 Å². The molecule has 1 amide bonds. The van der Waals surface area contributed by atoms with Crippen molar-refractivity contribution in [2.75, 3.05) is 18.4 Å². The van der Waals surface area contributed by atoms with E-state index in [1.165, 1.54) is 4.90 Å². The van der Waals surface area contributed by atoms with Crippen LogP contribution in [0.1, 0.15) is 25.3 Å². The molecule has 1 aliphatic rings. The van der Waals surface area contributed by atoms with Crippen LogP contribution in [0.5, 0.6) is 0 Å². The first kappa shape index (κ1) is 13.9. The second kappa shape index (κ2) is 6.06. The molecule has 7 heteroatoms. The minimum absolute atomic E-state index is 0.0747. The van der Waals surface area contributed by atoms with E-state index in [1.54, 1.807) is 6.07 Å². The predicted molar refractivity (Wildman–Crippen MR) is 72.7 cm³/mol. The molecule has 1 atom stereocenters. The summed E-state index contributed by atoms with van der Waals surface area (Å²) in [6.45, 7) is 3.09. The van der Waals surface area contributed by atoms with Gasteiger partial charge in [-0.1, -0.05) is 18.5 Å². The molecule has 1 aromatic heterocycles. The number of anilines is 1. The predicted octanol–water partition coefficient (Wildman–Crippen LogP) is 2.25. The van der Waals surface area contributed by atoms with Crippen molar-refractivity contribution in [1.29, 1.82) is 0 Å². The van der Waals surface area contributed by atoms with E-state index in [2.05, 4.69) is 15.5 Å². The van der Waals surface area contributed by atoms with Crippen LogP contribution in [-0.2, 0) is 6.42 Å². The van der Waals surface area contributed by atoms with Crippen LogP contribution in [0, 0.1) is 0 Å². The number of piperidine rings is 1. The van der Waals surface area contributed by atoms with Crippen LogP contribution in [0.15, 0.2) is 6.07 Å². The maximum absolute atomic E-state index is 11.0. The first-order valence-corrected chi connectivity index (χ1v) is 6.74. The summed E-state index contributed by atoms with van der Waals surface area (Å²) in [6.07, 6.45) is 1.71. The summed E-state index contributed by atoms with van der Waals surface area (Å²) in [5.41, 5.74) is 0.993. The molecule has 0 aromatic carbocycles. The van der Waals surface area contributed by atoms with E-state index >= 15 is 0 Å². The maximum Gasteiger partial charge on any atom is 0.407 e. The van der Waals surface area contributed by atoms with Crippen molar-refractivity contribution < 1.29 is 9.90 Å². The van der Waals surface area contributed by atoms with Crippen molar-refractivity contribution in [3.8, 4) is 0 Å². The quantitative estimate of drug-likeness (QED) is 0.890. The van der Waals surface area contributed by atoms with Crippen molar-refractivity contribution in [3.63, 3.8) is 0 Å². The van der Waals surface area contributed by atoms with Gasteiger partial charge in [-0.05, 0) is 30.9 Å². The molecule has 19 heavy (non-hydrogen) atoms. The highest BCUT2D eigenvalue weighted by atomic mass is 35.5. The summed E-state index contributed by atoms with van der Waals surface area (Å²) in [4.78, 5) is 12.4. The number of hydrogen-bond donors (Lipinski definition) is 2. The van der Waals surface area contributed by atoms with E-state index in [-0.39, 0.29) is 6.04 Å². The molecule has 2 rings (SSSR count). The molecule has 0 unspecified atom stereocenters. The molecule has 0 bridgehead atoms. The van der Waals surface area contributed by atoms with Gasteiger partial charge in [-0.15, -0.1) is 10.2 Å². The van der Waals surface area contributed by atoms with Crippen LogP contribution in [0.25, 0.3) is 0 Å². The van der Waals surface area contributed by atoms with Gasteiger partial charge in [0.2, 0.25) is 0 Å². The Labute approximate surface area is 116 Å². The van der Waals surface area contributed by atoms with Gasteiger partial charge < -0.3 is 15.3 Å². The molecular formula is C12H17ClN4O2. The molecule has 0 spiro atoms. The Hall–Kier alpha value is -1.56. The van der Waals surface area contributed by atoms with E-state index in [9.17, 15) is 4.79 Å². The molecule has 0 aliphatic carbocycles. The minimum atomic E-state index is -0.871. The summed E-state index contributed by atoms with van der Waals surface area (Å²) in [5.74, 6) is 0.698. The summed E-state index contributed by atoms with van der Waals surface area (Å²) in [5, 5.41) is 20.5. The molecular weight excluding hydrogens is 268 g/mol. The van der Waals surface area contributed by atoms with Crippen molar-refractivity contribution in [1.82, 2.24) is 15.1 Å². The molecule has 2 N–H and O–H groups in total. The lowest BCUT2D eigenvalue weighted by atomic mass is 10.1.